The molecule has 0 aliphatic rings. The van der Waals surface area contributed by atoms with Gasteiger partial charge < -0.3 is 15.1 Å². The number of benzene rings is 3. The molecule has 3 rings (SSSR count). The highest BCUT2D eigenvalue weighted by molar-refractivity contribution is 6.13. The molecule has 0 aliphatic carbocycles. The van der Waals surface area contributed by atoms with E-state index in [4.69, 9.17) is 4.99 Å². The lowest BCUT2D eigenvalue weighted by molar-refractivity contribution is 0.451. The minimum atomic E-state index is -0.156. The van der Waals surface area contributed by atoms with E-state index in [9.17, 15) is 5.26 Å². The molecule has 2 atom stereocenters. The van der Waals surface area contributed by atoms with E-state index >= 15 is 0 Å². The van der Waals surface area contributed by atoms with E-state index in [1.807, 2.05) is 87.0 Å². The van der Waals surface area contributed by atoms with Crippen LogP contribution in [0.25, 0.3) is 0 Å². The summed E-state index contributed by atoms with van der Waals surface area (Å²) in [5.74, 6) is -0.156. The summed E-state index contributed by atoms with van der Waals surface area (Å²) in [6, 6.07) is 29.1. The Kier molecular flexibility index (Phi) is 9.48. The van der Waals surface area contributed by atoms with Gasteiger partial charge in [-0.05, 0) is 43.8 Å². The zero-order valence-electron chi connectivity index (χ0n) is 21.6. The monoisotopic (exact) mass is 477 g/mol. The Morgan fingerprint density at radius 3 is 2.17 bits per heavy atom. The van der Waals surface area contributed by atoms with Crippen molar-refractivity contribution < 1.29 is 0 Å². The molecule has 36 heavy (non-hydrogen) atoms. The average Bonchev–Trinajstić information content (AvgIpc) is 2.93. The Hall–Kier alpha value is -4.30. The van der Waals surface area contributed by atoms with Crippen molar-refractivity contribution in [2.24, 2.45) is 10.9 Å². The molecule has 0 bridgehead atoms. The van der Waals surface area contributed by atoms with E-state index in [1.165, 1.54) is 0 Å². The maximum Gasteiger partial charge on any atom is 0.0781 e. The first-order valence-electron chi connectivity index (χ1n) is 12.2. The van der Waals surface area contributed by atoms with E-state index in [0.29, 0.717) is 6.54 Å². The molecule has 0 spiro atoms. The van der Waals surface area contributed by atoms with Gasteiger partial charge in [-0.1, -0.05) is 67.2 Å². The molecule has 0 aromatic heterocycles. The molecule has 3 aromatic carbocycles. The Balaban J connectivity index is 2.16. The molecule has 5 nitrogen and oxygen atoms in total. The van der Waals surface area contributed by atoms with Crippen LogP contribution in [0, 0.1) is 17.2 Å². The summed E-state index contributed by atoms with van der Waals surface area (Å²) in [4.78, 5) is 9.32. The third-order valence-electron chi connectivity index (χ3n) is 6.18. The van der Waals surface area contributed by atoms with E-state index < -0.39 is 0 Å². The molecule has 184 valence electrons. The molecule has 0 aliphatic heterocycles. The van der Waals surface area contributed by atoms with Crippen LogP contribution < -0.4 is 10.2 Å². The van der Waals surface area contributed by atoms with E-state index in [0.717, 1.165) is 33.8 Å². The molecule has 3 aromatic rings. The number of anilines is 1. The highest BCUT2D eigenvalue weighted by Crippen LogP contribution is 2.31. The predicted molar refractivity (Wildman–Crippen MR) is 151 cm³/mol. The van der Waals surface area contributed by atoms with Crippen LogP contribution in [0.1, 0.15) is 30.5 Å². The van der Waals surface area contributed by atoms with Crippen LogP contribution in [-0.2, 0) is 6.54 Å². The Bertz CT molecular complexity index is 1180. The first-order valence-corrected chi connectivity index (χ1v) is 12.2. The van der Waals surface area contributed by atoms with Gasteiger partial charge in [0.05, 0.1) is 23.4 Å². The van der Waals surface area contributed by atoms with Crippen LogP contribution in [0.3, 0.4) is 0 Å². The van der Waals surface area contributed by atoms with Gasteiger partial charge in [-0.3, -0.25) is 0 Å². The van der Waals surface area contributed by atoms with Gasteiger partial charge in [0.1, 0.15) is 0 Å². The average molecular weight is 478 g/mol. The fourth-order valence-electron chi connectivity index (χ4n) is 3.91. The molecular formula is C31H35N5. The summed E-state index contributed by atoms with van der Waals surface area (Å²) in [6.45, 7) is 8.61. The summed E-state index contributed by atoms with van der Waals surface area (Å²) in [6.07, 6.45) is 5.69. The minimum Gasteiger partial charge on any atom is -0.393 e. The summed E-state index contributed by atoms with van der Waals surface area (Å²) in [7, 11) is 3.87. The number of hydrogen-bond donors (Lipinski definition) is 1. The normalized spacial score (nSPS) is 12.3. The highest BCUT2D eigenvalue weighted by Gasteiger charge is 2.21. The van der Waals surface area contributed by atoms with Gasteiger partial charge in [0.2, 0.25) is 0 Å². The molecule has 0 amide bonds. The van der Waals surface area contributed by atoms with Gasteiger partial charge in [-0.2, -0.15) is 5.26 Å². The maximum absolute atomic E-state index is 9.58. The molecule has 0 radical (unpaired) electrons. The lowest BCUT2D eigenvalue weighted by atomic mass is 10.0. The summed E-state index contributed by atoms with van der Waals surface area (Å²) in [5.41, 5.74) is 6.04. The largest absolute Gasteiger partial charge is 0.393 e. The quantitative estimate of drug-likeness (QED) is 0.321. The lowest BCUT2D eigenvalue weighted by Gasteiger charge is -2.32. The van der Waals surface area contributed by atoms with Crippen molar-refractivity contribution in [1.29, 1.82) is 5.26 Å². The standard InChI is InChI=1S/C31H35N5/c1-6-35(5)23-28-21-29(17-18-30(28)36(20-19-33-4)25(3)24(2)22-32)34-31(26-13-9-7-10-14-26)27-15-11-8-12-16-27/h6-21,24-25,33H,1,23H2,2-5H3/b20-19-/t24?,25-/m0/s1. The Labute approximate surface area is 215 Å². The van der Waals surface area contributed by atoms with Gasteiger partial charge in [0, 0.05) is 55.9 Å². The van der Waals surface area contributed by atoms with E-state index in [2.05, 4.69) is 66.2 Å². The van der Waals surface area contributed by atoms with Crippen LogP contribution in [0.4, 0.5) is 11.4 Å². The van der Waals surface area contributed by atoms with Crippen LogP contribution in [-0.4, -0.2) is 30.7 Å². The zero-order valence-corrected chi connectivity index (χ0v) is 21.6. The number of aliphatic imine (C=N–C) groups is 1. The molecule has 1 unspecified atom stereocenters. The fraction of sp³-hybridized carbons (Fsp3) is 0.226. The zero-order chi connectivity index (χ0) is 25.9. The van der Waals surface area contributed by atoms with Gasteiger partial charge >= 0.3 is 0 Å². The summed E-state index contributed by atoms with van der Waals surface area (Å²) >= 11 is 0. The summed E-state index contributed by atoms with van der Waals surface area (Å²) in [5, 5.41) is 12.7. The molecule has 0 heterocycles. The topological polar surface area (TPSA) is 54.7 Å². The van der Waals surface area contributed by atoms with Crippen LogP contribution in [0.2, 0.25) is 0 Å². The van der Waals surface area contributed by atoms with Crippen molar-refractivity contribution in [1.82, 2.24) is 10.2 Å². The van der Waals surface area contributed by atoms with Crippen molar-refractivity contribution in [2.45, 2.75) is 26.4 Å². The number of nitrogens with one attached hydrogen (secondary N) is 1. The van der Waals surface area contributed by atoms with Crippen molar-refractivity contribution in [2.75, 3.05) is 19.0 Å². The molecule has 1 N–H and O–H groups in total. The van der Waals surface area contributed by atoms with Gasteiger partial charge in [0.25, 0.3) is 0 Å². The Morgan fingerprint density at radius 2 is 1.64 bits per heavy atom. The predicted octanol–water partition coefficient (Wildman–Crippen LogP) is 6.48. The number of hydrogen-bond acceptors (Lipinski definition) is 5. The Morgan fingerprint density at radius 1 is 1.03 bits per heavy atom. The van der Waals surface area contributed by atoms with Crippen LogP contribution >= 0.6 is 0 Å². The lowest BCUT2D eigenvalue weighted by Crippen LogP contribution is -2.34. The van der Waals surface area contributed by atoms with Crippen molar-refractivity contribution in [3.63, 3.8) is 0 Å². The van der Waals surface area contributed by atoms with E-state index in [-0.39, 0.29) is 12.0 Å². The maximum atomic E-state index is 9.58. The van der Waals surface area contributed by atoms with Gasteiger partial charge in [-0.25, -0.2) is 4.99 Å². The van der Waals surface area contributed by atoms with E-state index in [1.54, 1.807) is 0 Å². The fourth-order valence-corrected chi connectivity index (χ4v) is 3.91. The first-order chi connectivity index (χ1) is 17.5. The van der Waals surface area contributed by atoms with Crippen molar-refractivity contribution in [3.05, 3.63) is 121 Å². The molecule has 0 fully saturated rings. The molecule has 0 saturated heterocycles. The molecular weight excluding hydrogens is 442 g/mol. The minimum absolute atomic E-state index is 0.0223. The third kappa shape index (κ3) is 6.64. The van der Waals surface area contributed by atoms with Crippen LogP contribution in [0.15, 0.2) is 109 Å². The highest BCUT2D eigenvalue weighted by atomic mass is 15.2. The summed E-state index contributed by atoms with van der Waals surface area (Å²) < 4.78 is 0. The SMILES string of the molecule is C=CN(C)Cc1cc(N=C(c2ccccc2)c2ccccc2)ccc1N(/C=C\NC)[C@@H](C)C(C)C#N. The molecule has 0 saturated carbocycles. The number of nitrogens with zero attached hydrogens (tertiary/aromatic N) is 4. The van der Waals surface area contributed by atoms with Gasteiger partial charge in [-0.15, -0.1) is 0 Å². The number of nitriles is 1. The second kappa shape index (κ2) is 13.0. The molecule has 5 heteroatoms. The van der Waals surface area contributed by atoms with Crippen LogP contribution in [0.5, 0.6) is 0 Å². The van der Waals surface area contributed by atoms with Crippen molar-refractivity contribution >= 4 is 17.1 Å². The second-order valence-corrected chi connectivity index (χ2v) is 8.77. The second-order valence-electron chi connectivity index (χ2n) is 8.77. The third-order valence-corrected chi connectivity index (χ3v) is 6.18. The van der Waals surface area contributed by atoms with Gasteiger partial charge in [0.15, 0.2) is 0 Å². The first kappa shape index (κ1) is 26.3. The van der Waals surface area contributed by atoms with Crippen molar-refractivity contribution in [3.8, 4) is 6.07 Å². The number of rotatable bonds is 11. The smallest absolute Gasteiger partial charge is 0.0781 e.